The summed E-state index contributed by atoms with van der Waals surface area (Å²) in [5.41, 5.74) is 3.44. The van der Waals surface area contributed by atoms with E-state index in [9.17, 15) is 4.79 Å². The summed E-state index contributed by atoms with van der Waals surface area (Å²) < 4.78 is 7.88. The van der Waals surface area contributed by atoms with E-state index in [1.807, 2.05) is 43.3 Å². The van der Waals surface area contributed by atoms with Gasteiger partial charge in [0.1, 0.15) is 11.9 Å². The Morgan fingerprint density at radius 1 is 1.24 bits per heavy atom. The second-order valence-corrected chi connectivity index (χ2v) is 6.74. The summed E-state index contributed by atoms with van der Waals surface area (Å²) >= 11 is 0. The highest BCUT2D eigenvalue weighted by Gasteiger charge is 2.29. The summed E-state index contributed by atoms with van der Waals surface area (Å²) in [7, 11) is 0. The SMILES string of the molecule is CCCCC1Cc2c(c3cccnc3n(-c3ccc(C)cc3)c2=O)O1. The second-order valence-electron chi connectivity index (χ2n) is 6.74. The predicted molar refractivity (Wildman–Crippen MR) is 99.7 cm³/mol. The molecule has 0 bridgehead atoms. The molecule has 0 amide bonds. The van der Waals surface area contributed by atoms with Crippen molar-refractivity contribution >= 4 is 11.0 Å². The van der Waals surface area contributed by atoms with Gasteiger partial charge < -0.3 is 4.74 Å². The van der Waals surface area contributed by atoms with Crippen molar-refractivity contribution in [2.45, 2.75) is 45.6 Å². The molecule has 25 heavy (non-hydrogen) atoms. The van der Waals surface area contributed by atoms with Crippen molar-refractivity contribution in [3.63, 3.8) is 0 Å². The molecule has 1 aliphatic rings. The van der Waals surface area contributed by atoms with Crippen LogP contribution in [0.5, 0.6) is 5.75 Å². The number of benzene rings is 1. The predicted octanol–water partition coefficient (Wildman–Crippen LogP) is 4.19. The first-order valence-corrected chi connectivity index (χ1v) is 8.95. The van der Waals surface area contributed by atoms with Gasteiger partial charge in [0, 0.05) is 12.6 Å². The Morgan fingerprint density at radius 2 is 2.04 bits per heavy atom. The van der Waals surface area contributed by atoms with E-state index >= 15 is 0 Å². The van der Waals surface area contributed by atoms with Gasteiger partial charge in [-0.15, -0.1) is 0 Å². The first-order chi connectivity index (χ1) is 12.2. The van der Waals surface area contributed by atoms with Crippen molar-refractivity contribution in [2.75, 3.05) is 0 Å². The summed E-state index contributed by atoms with van der Waals surface area (Å²) in [6.45, 7) is 4.21. The molecule has 4 nitrogen and oxygen atoms in total. The van der Waals surface area contributed by atoms with E-state index in [0.29, 0.717) is 12.1 Å². The third kappa shape index (κ3) is 2.72. The average Bonchev–Trinajstić information content (AvgIpc) is 3.06. The topological polar surface area (TPSA) is 44.1 Å². The van der Waals surface area contributed by atoms with Crippen molar-refractivity contribution in [3.8, 4) is 11.4 Å². The largest absolute Gasteiger partial charge is 0.489 e. The minimum Gasteiger partial charge on any atom is -0.489 e. The van der Waals surface area contributed by atoms with E-state index in [2.05, 4.69) is 11.9 Å². The van der Waals surface area contributed by atoms with Gasteiger partial charge in [-0.3, -0.25) is 9.36 Å². The highest BCUT2D eigenvalue weighted by atomic mass is 16.5. The third-order valence-electron chi connectivity index (χ3n) is 4.87. The molecular weight excluding hydrogens is 312 g/mol. The molecule has 0 aliphatic carbocycles. The Balaban J connectivity index is 1.92. The molecule has 3 heterocycles. The van der Waals surface area contributed by atoms with Gasteiger partial charge in [0.2, 0.25) is 0 Å². The molecule has 1 aromatic carbocycles. The zero-order valence-corrected chi connectivity index (χ0v) is 14.7. The molecule has 4 heteroatoms. The number of aryl methyl sites for hydroxylation is 1. The highest BCUT2D eigenvalue weighted by molar-refractivity contribution is 5.85. The van der Waals surface area contributed by atoms with Crippen LogP contribution in [0.1, 0.15) is 37.3 Å². The number of ether oxygens (including phenoxy) is 1. The molecule has 4 rings (SSSR count). The lowest BCUT2D eigenvalue weighted by atomic mass is 10.1. The van der Waals surface area contributed by atoms with Gasteiger partial charge in [0.15, 0.2) is 5.65 Å². The van der Waals surface area contributed by atoms with Crippen LogP contribution >= 0.6 is 0 Å². The fraction of sp³-hybridized carbons (Fsp3) is 0.333. The van der Waals surface area contributed by atoms with E-state index in [-0.39, 0.29) is 11.7 Å². The van der Waals surface area contributed by atoms with Gasteiger partial charge in [-0.2, -0.15) is 0 Å². The maximum atomic E-state index is 13.2. The average molecular weight is 334 g/mol. The first-order valence-electron chi connectivity index (χ1n) is 8.95. The third-order valence-corrected chi connectivity index (χ3v) is 4.87. The normalized spacial score (nSPS) is 16.0. The van der Waals surface area contributed by atoms with E-state index in [1.54, 1.807) is 10.8 Å². The number of nitrogens with zero attached hydrogens (tertiary/aromatic N) is 2. The maximum Gasteiger partial charge on any atom is 0.263 e. The summed E-state index contributed by atoms with van der Waals surface area (Å²) in [5.74, 6) is 0.734. The van der Waals surface area contributed by atoms with Crippen LogP contribution < -0.4 is 10.3 Å². The molecular formula is C21H22N2O2. The molecule has 0 fully saturated rings. The van der Waals surface area contributed by atoms with Crippen LogP contribution in [0.3, 0.4) is 0 Å². The van der Waals surface area contributed by atoms with Gasteiger partial charge in [0.05, 0.1) is 16.6 Å². The quantitative estimate of drug-likeness (QED) is 0.719. The molecule has 1 unspecified atom stereocenters. The maximum absolute atomic E-state index is 13.2. The Bertz CT molecular complexity index is 974. The zero-order valence-electron chi connectivity index (χ0n) is 14.7. The van der Waals surface area contributed by atoms with Crippen LogP contribution in [0.25, 0.3) is 16.7 Å². The van der Waals surface area contributed by atoms with Gasteiger partial charge in [0.25, 0.3) is 5.56 Å². The number of rotatable bonds is 4. The molecule has 2 aromatic heterocycles. The molecule has 0 N–H and O–H groups in total. The summed E-state index contributed by atoms with van der Waals surface area (Å²) in [4.78, 5) is 17.7. The molecule has 3 aromatic rings. The fourth-order valence-corrected chi connectivity index (χ4v) is 3.52. The van der Waals surface area contributed by atoms with E-state index in [0.717, 1.165) is 47.2 Å². The van der Waals surface area contributed by atoms with Gasteiger partial charge in [-0.05, 0) is 37.6 Å². The van der Waals surface area contributed by atoms with E-state index in [1.165, 1.54) is 0 Å². The van der Waals surface area contributed by atoms with E-state index in [4.69, 9.17) is 4.74 Å². The molecule has 1 aliphatic heterocycles. The monoisotopic (exact) mass is 334 g/mol. The minimum atomic E-state index is -0.0101. The van der Waals surface area contributed by atoms with Crippen LogP contribution in [-0.2, 0) is 6.42 Å². The standard InChI is InChI=1S/C21H22N2O2/c1-3-4-6-16-13-18-19(25-16)17-7-5-12-22-20(17)23(21(18)24)15-10-8-14(2)9-11-15/h5,7-12,16H,3-4,6,13H2,1-2H3. The van der Waals surface area contributed by atoms with Gasteiger partial charge >= 0.3 is 0 Å². The Kier molecular flexibility index (Phi) is 4.04. The van der Waals surface area contributed by atoms with E-state index < -0.39 is 0 Å². The van der Waals surface area contributed by atoms with Crippen LogP contribution in [0.2, 0.25) is 0 Å². The highest BCUT2D eigenvalue weighted by Crippen LogP contribution is 2.35. The smallest absolute Gasteiger partial charge is 0.263 e. The lowest BCUT2D eigenvalue weighted by Gasteiger charge is -2.13. The second kappa shape index (κ2) is 6.36. The van der Waals surface area contributed by atoms with Crippen LogP contribution in [0, 0.1) is 6.92 Å². The number of hydrogen-bond donors (Lipinski definition) is 0. The summed E-state index contributed by atoms with van der Waals surface area (Å²) in [5, 5.41) is 0.914. The zero-order chi connectivity index (χ0) is 17.4. The number of unbranched alkanes of at least 4 members (excludes halogenated alkanes) is 1. The fourth-order valence-electron chi connectivity index (χ4n) is 3.52. The number of fused-ring (bicyclic) bond motifs is 3. The van der Waals surface area contributed by atoms with Crippen molar-refractivity contribution in [3.05, 3.63) is 64.1 Å². The minimum absolute atomic E-state index is 0.0101. The molecule has 0 saturated heterocycles. The van der Waals surface area contributed by atoms with Crippen molar-refractivity contribution in [2.24, 2.45) is 0 Å². The van der Waals surface area contributed by atoms with Crippen LogP contribution in [0.4, 0.5) is 0 Å². The number of aromatic nitrogens is 2. The Morgan fingerprint density at radius 3 is 2.80 bits per heavy atom. The summed E-state index contributed by atoms with van der Waals surface area (Å²) in [6, 6.07) is 11.9. The van der Waals surface area contributed by atoms with Crippen molar-refractivity contribution < 1.29 is 4.74 Å². The molecule has 128 valence electrons. The Hall–Kier alpha value is -2.62. The summed E-state index contributed by atoms with van der Waals surface area (Å²) in [6.07, 6.45) is 5.73. The van der Waals surface area contributed by atoms with Crippen molar-refractivity contribution in [1.29, 1.82) is 0 Å². The number of hydrogen-bond acceptors (Lipinski definition) is 3. The molecule has 0 spiro atoms. The number of pyridine rings is 2. The first kappa shape index (κ1) is 15.9. The van der Waals surface area contributed by atoms with Crippen LogP contribution in [-0.4, -0.2) is 15.7 Å². The van der Waals surface area contributed by atoms with Gasteiger partial charge in [-0.25, -0.2) is 4.98 Å². The Labute approximate surface area is 147 Å². The van der Waals surface area contributed by atoms with Crippen molar-refractivity contribution in [1.82, 2.24) is 9.55 Å². The molecule has 1 atom stereocenters. The van der Waals surface area contributed by atoms with Gasteiger partial charge in [-0.1, -0.05) is 37.5 Å². The van der Waals surface area contributed by atoms with Crippen LogP contribution in [0.15, 0.2) is 47.4 Å². The lowest BCUT2D eigenvalue weighted by Crippen LogP contribution is -2.23. The lowest BCUT2D eigenvalue weighted by molar-refractivity contribution is 0.219. The molecule has 0 radical (unpaired) electrons. The molecule has 0 saturated carbocycles.